The molecule has 236 valence electrons. The minimum absolute atomic E-state index is 0.0421. The molecular formula is C33H53N3O6. The van der Waals surface area contributed by atoms with Crippen LogP contribution in [-0.4, -0.2) is 60.1 Å². The number of methoxy groups -OCH3 is 1. The van der Waals surface area contributed by atoms with Crippen LogP contribution in [-0.2, 0) is 30.3 Å². The highest BCUT2D eigenvalue weighted by atomic mass is 16.5. The molecule has 0 heterocycles. The fourth-order valence-electron chi connectivity index (χ4n) is 5.79. The molecule has 2 rings (SSSR count). The van der Waals surface area contributed by atoms with Gasteiger partial charge in [-0.3, -0.25) is 19.2 Å². The molecule has 5 atom stereocenters. The number of aliphatic hydroxyl groups excluding tert-OH is 1. The highest BCUT2D eigenvalue weighted by Gasteiger charge is 2.30. The molecule has 0 saturated heterocycles. The first kappa shape index (κ1) is 35.3. The lowest BCUT2D eigenvalue weighted by Crippen LogP contribution is -2.53. The van der Waals surface area contributed by atoms with Crippen molar-refractivity contribution < 1.29 is 29.0 Å². The lowest BCUT2D eigenvalue weighted by Gasteiger charge is -2.31. The second-order valence-corrected chi connectivity index (χ2v) is 11.9. The van der Waals surface area contributed by atoms with Crippen molar-refractivity contribution in [1.29, 1.82) is 0 Å². The van der Waals surface area contributed by atoms with Gasteiger partial charge in [0.05, 0.1) is 25.7 Å². The molecule has 1 aromatic rings. The van der Waals surface area contributed by atoms with Gasteiger partial charge in [0.1, 0.15) is 6.04 Å². The summed E-state index contributed by atoms with van der Waals surface area (Å²) >= 11 is 0. The van der Waals surface area contributed by atoms with E-state index in [1.165, 1.54) is 46.1 Å². The number of hydrogen-bond acceptors (Lipinski definition) is 6. The quantitative estimate of drug-likeness (QED) is 0.190. The van der Waals surface area contributed by atoms with E-state index in [0.29, 0.717) is 18.8 Å². The second kappa shape index (κ2) is 19.3. The molecule has 0 bridgehead atoms. The summed E-state index contributed by atoms with van der Waals surface area (Å²) in [6, 6.07) is 7.99. The van der Waals surface area contributed by atoms with Crippen LogP contribution in [0.4, 0.5) is 0 Å². The number of carbonyl (C=O) groups is 4. The van der Waals surface area contributed by atoms with Gasteiger partial charge >= 0.3 is 5.97 Å². The van der Waals surface area contributed by atoms with E-state index in [4.69, 9.17) is 0 Å². The summed E-state index contributed by atoms with van der Waals surface area (Å²) in [5.74, 6) is -0.686. The summed E-state index contributed by atoms with van der Waals surface area (Å²) in [5.41, 5.74) is 0.954. The molecule has 0 aliphatic heterocycles. The molecular weight excluding hydrogens is 534 g/mol. The summed E-state index contributed by atoms with van der Waals surface area (Å²) in [6.07, 6.45) is 9.37. The first-order chi connectivity index (χ1) is 20.1. The van der Waals surface area contributed by atoms with Crippen LogP contribution in [0.25, 0.3) is 0 Å². The van der Waals surface area contributed by atoms with E-state index in [0.717, 1.165) is 24.8 Å². The summed E-state index contributed by atoms with van der Waals surface area (Å²) in [6.45, 7) is 5.33. The van der Waals surface area contributed by atoms with Crippen LogP contribution in [0.5, 0.6) is 0 Å². The number of esters is 1. The molecule has 0 aromatic heterocycles. The summed E-state index contributed by atoms with van der Waals surface area (Å²) < 4.78 is 4.65. The zero-order chi connectivity index (χ0) is 30.9. The molecule has 1 fully saturated rings. The Balaban J connectivity index is 2.18. The van der Waals surface area contributed by atoms with Crippen LogP contribution < -0.4 is 16.0 Å². The van der Waals surface area contributed by atoms with Crippen LogP contribution in [0.3, 0.4) is 0 Å². The van der Waals surface area contributed by atoms with Crippen LogP contribution >= 0.6 is 0 Å². The molecule has 0 radical (unpaired) electrons. The first-order valence-corrected chi connectivity index (χ1v) is 15.8. The first-order valence-electron chi connectivity index (χ1n) is 15.8. The maximum atomic E-state index is 13.4. The van der Waals surface area contributed by atoms with E-state index in [9.17, 15) is 24.3 Å². The SMILES string of the molecule is CCC(C)[C@H](NC(C)=O)C(=O)NC(CCCC1CCCCC1)C[C@H](O)C(Cc1ccccc1)NC(=O)CCC(=O)OC. The summed E-state index contributed by atoms with van der Waals surface area (Å²) in [7, 11) is 1.28. The Labute approximate surface area is 251 Å². The van der Waals surface area contributed by atoms with Gasteiger partial charge in [0.2, 0.25) is 17.7 Å². The van der Waals surface area contributed by atoms with Crippen molar-refractivity contribution in [3.8, 4) is 0 Å². The van der Waals surface area contributed by atoms with Crippen molar-refractivity contribution in [2.75, 3.05) is 7.11 Å². The van der Waals surface area contributed by atoms with Crippen LogP contribution in [0.15, 0.2) is 30.3 Å². The van der Waals surface area contributed by atoms with Gasteiger partial charge < -0.3 is 25.8 Å². The van der Waals surface area contributed by atoms with E-state index in [1.54, 1.807) is 0 Å². The Bertz CT molecular complexity index is 966. The van der Waals surface area contributed by atoms with Crippen LogP contribution in [0.1, 0.15) is 103 Å². The third kappa shape index (κ3) is 13.4. The fraction of sp³-hybridized carbons (Fsp3) is 0.697. The average molecular weight is 588 g/mol. The van der Waals surface area contributed by atoms with Crippen molar-refractivity contribution in [2.24, 2.45) is 11.8 Å². The van der Waals surface area contributed by atoms with E-state index < -0.39 is 24.2 Å². The standard InChI is InChI=1S/C33H53N3O6/c1-5-23(2)32(34-24(3)37)33(41)35-27(18-12-17-25-13-8-6-9-14-25)22-29(38)28(21-26-15-10-7-11-16-26)36-30(39)19-20-31(40)42-4/h7,10-11,15-16,23,25,27-29,32,38H,5-6,8-9,12-14,17-22H2,1-4H3,(H,34,37)(H,35,41)(H,36,39)/t23?,27?,28?,29-,32-/m0/s1. The maximum Gasteiger partial charge on any atom is 0.306 e. The van der Waals surface area contributed by atoms with Gasteiger partial charge in [-0.1, -0.05) is 95.5 Å². The topological polar surface area (TPSA) is 134 Å². The third-order valence-electron chi connectivity index (χ3n) is 8.51. The van der Waals surface area contributed by atoms with Crippen molar-refractivity contribution in [3.63, 3.8) is 0 Å². The van der Waals surface area contributed by atoms with Crippen molar-refractivity contribution in [1.82, 2.24) is 16.0 Å². The number of benzene rings is 1. The Morgan fingerprint density at radius 2 is 1.69 bits per heavy atom. The number of amides is 3. The third-order valence-corrected chi connectivity index (χ3v) is 8.51. The van der Waals surface area contributed by atoms with Gasteiger partial charge in [-0.25, -0.2) is 0 Å². The summed E-state index contributed by atoms with van der Waals surface area (Å²) in [4.78, 5) is 49.6. The van der Waals surface area contributed by atoms with Crippen molar-refractivity contribution in [3.05, 3.63) is 35.9 Å². The Hall–Kier alpha value is -2.94. The minimum atomic E-state index is -0.949. The number of aliphatic hydroxyl groups is 1. The largest absolute Gasteiger partial charge is 0.469 e. The highest BCUT2D eigenvalue weighted by Crippen LogP contribution is 2.28. The Morgan fingerprint density at radius 1 is 1.00 bits per heavy atom. The Morgan fingerprint density at radius 3 is 2.31 bits per heavy atom. The lowest BCUT2D eigenvalue weighted by atomic mass is 9.85. The molecule has 3 unspecified atom stereocenters. The minimum Gasteiger partial charge on any atom is -0.469 e. The molecule has 1 aliphatic rings. The van der Waals surface area contributed by atoms with Crippen molar-refractivity contribution >= 4 is 23.7 Å². The number of ether oxygens (including phenoxy) is 1. The lowest BCUT2D eigenvalue weighted by molar-refractivity contribution is -0.142. The van der Waals surface area contributed by atoms with Gasteiger partial charge in [-0.15, -0.1) is 0 Å². The van der Waals surface area contributed by atoms with E-state index >= 15 is 0 Å². The van der Waals surface area contributed by atoms with Gasteiger partial charge in [0.25, 0.3) is 0 Å². The predicted molar refractivity (Wildman–Crippen MR) is 163 cm³/mol. The van der Waals surface area contributed by atoms with E-state index in [1.807, 2.05) is 44.2 Å². The molecule has 1 aliphatic carbocycles. The van der Waals surface area contributed by atoms with E-state index in [2.05, 4.69) is 20.7 Å². The van der Waals surface area contributed by atoms with Gasteiger partial charge in [0, 0.05) is 19.4 Å². The zero-order valence-corrected chi connectivity index (χ0v) is 26.0. The number of carbonyl (C=O) groups excluding carboxylic acids is 4. The molecule has 0 spiro atoms. The number of hydrogen-bond donors (Lipinski definition) is 4. The molecule has 9 heteroatoms. The smallest absolute Gasteiger partial charge is 0.306 e. The molecule has 9 nitrogen and oxygen atoms in total. The Kier molecular flexibility index (Phi) is 16.2. The highest BCUT2D eigenvalue weighted by molar-refractivity contribution is 5.87. The predicted octanol–water partition coefficient (Wildman–Crippen LogP) is 4.20. The van der Waals surface area contributed by atoms with Crippen LogP contribution in [0.2, 0.25) is 0 Å². The number of nitrogens with one attached hydrogen (secondary N) is 3. The van der Waals surface area contributed by atoms with Gasteiger partial charge in [-0.05, 0) is 36.7 Å². The average Bonchev–Trinajstić information content (AvgIpc) is 2.98. The van der Waals surface area contributed by atoms with E-state index in [-0.39, 0.29) is 48.9 Å². The van der Waals surface area contributed by atoms with Gasteiger partial charge in [0.15, 0.2) is 0 Å². The van der Waals surface area contributed by atoms with Gasteiger partial charge in [-0.2, -0.15) is 0 Å². The fourth-order valence-corrected chi connectivity index (χ4v) is 5.79. The molecule has 4 N–H and O–H groups in total. The monoisotopic (exact) mass is 587 g/mol. The van der Waals surface area contributed by atoms with Crippen LogP contribution in [0, 0.1) is 11.8 Å². The normalized spacial score (nSPS) is 17.3. The molecule has 1 aromatic carbocycles. The zero-order valence-electron chi connectivity index (χ0n) is 26.0. The second-order valence-electron chi connectivity index (χ2n) is 11.9. The molecule has 1 saturated carbocycles. The molecule has 42 heavy (non-hydrogen) atoms. The van der Waals surface area contributed by atoms with Crippen molar-refractivity contribution in [2.45, 2.75) is 128 Å². The molecule has 3 amide bonds. The number of rotatable bonds is 18. The maximum absolute atomic E-state index is 13.4. The summed E-state index contributed by atoms with van der Waals surface area (Å²) in [5, 5.41) is 20.3.